The summed E-state index contributed by atoms with van der Waals surface area (Å²) in [5, 5.41) is 18.6. The van der Waals surface area contributed by atoms with Crippen LogP contribution in [0.3, 0.4) is 0 Å². The van der Waals surface area contributed by atoms with Crippen LogP contribution in [0.15, 0.2) is 77.2 Å². The van der Waals surface area contributed by atoms with Gasteiger partial charge in [-0.3, -0.25) is 5.43 Å². The van der Waals surface area contributed by atoms with Crippen molar-refractivity contribution in [2.24, 2.45) is 5.10 Å². The normalized spacial score (nSPS) is 11.2. The first-order valence-corrected chi connectivity index (χ1v) is 9.48. The molecule has 1 aromatic heterocycles. The average molecular weight is 384 g/mol. The third kappa shape index (κ3) is 3.70. The van der Waals surface area contributed by atoms with Gasteiger partial charge in [-0.25, -0.2) is 4.98 Å². The summed E-state index contributed by atoms with van der Waals surface area (Å²) in [5.74, 6) is 0.759. The van der Waals surface area contributed by atoms with E-state index in [4.69, 9.17) is 4.74 Å². The van der Waals surface area contributed by atoms with Gasteiger partial charge in [-0.2, -0.15) is 10.4 Å². The highest BCUT2D eigenvalue weighted by molar-refractivity contribution is 7.12. The Labute approximate surface area is 166 Å². The van der Waals surface area contributed by atoms with Crippen LogP contribution in [0.25, 0.3) is 22.0 Å². The van der Waals surface area contributed by atoms with Gasteiger partial charge in [0.05, 0.1) is 18.5 Å². The molecule has 0 saturated heterocycles. The summed E-state index contributed by atoms with van der Waals surface area (Å²) < 4.78 is 5.13. The predicted octanol–water partition coefficient (Wildman–Crippen LogP) is 5.31. The van der Waals surface area contributed by atoms with Crippen LogP contribution < -0.4 is 10.2 Å². The topological polar surface area (TPSA) is 70.3 Å². The molecule has 0 atom stereocenters. The molecule has 1 heterocycles. The van der Waals surface area contributed by atoms with E-state index in [2.05, 4.69) is 45.8 Å². The van der Waals surface area contributed by atoms with E-state index < -0.39 is 0 Å². The Kier molecular flexibility index (Phi) is 5.00. The molecular formula is C22H16N4OS. The van der Waals surface area contributed by atoms with E-state index in [1.807, 2.05) is 47.8 Å². The molecule has 0 fully saturated rings. The van der Waals surface area contributed by atoms with E-state index in [1.165, 1.54) is 16.7 Å². The number of nitrogens with zero attached hydrogens (tertiary/aromatic N) is 3. The highest BCUT2D eigenvalue weighted by atomic mass is 32.1. The molecule has 1 N–H and O–H groups in total. The molecule has 28 heavy (non-hydrogen) atoms. The number of benzene rings is 3. The lowest BCUT2D eigenvalue weighted by Gasteiger charge is -2.03. The van der Waals surface area contributed by atoms with E-state index in [9.17, 15) is 5.26 Å². The minimum absolute atomic E-state index is 0.243. The first kappa shape index (κ1) is 17.7. The van der Waals surface area contributed by atoms with Gasteiger partial charge in [0.15, 0.2) is 10.7 Å². The molecule has 6 heteroatoms. The van der Waals surface area contributed by atoms with Gasteiger partial charge in [-0.15, -0.1) is 11.3 Å². The number of anilines is 1. The van der Waals surface area contributed by atoms with Crippen LogP contribution in [0, 0.1) is 11.3 Å². The van der Waals surface area contributed by atoms with Crippen molar-refractivity contribution >= 4 is 33.5 Å². The van der Waals surface area contributed by atoms with Crippen LogP contribution >= 0.6 is 11.3 Å². The Balaban J connectivity index is 1.57. The number of nitriles is 1. The zero-order chi connectivity index (χ0) is 19.3. The lowest BCUT2D eigenvalue weighted by Crippen LogP contribution is -2.01. The molecule has 0 unspecified atom stereocenters. The van der Waals surface area contributed by atoms with E-state index in [0.717, 1.165) is 28.1 Å². The van der Waals surface area contributed by atoms with Gasteiger partial charge in [0, 0.05) is 10.9 Å². The Morgan fingerprint density at radius 2 is 1.86 bits per heavy atom. The molecule has 3 aromatic carbocycles. The van der Waals surface area contributed by atoms with E-state index in [-0.39, 0.29) is 5.71 Å². The molecule has 136 valence electrons. The number of hydrogen-bond donors (Lipinski definition) is 1. The van der Waals surface area contributed by atoms with E-state index >= 15 is 0 Å². The first-order chi connectivity index (χ1) is 13.8. The zero-order valence-electron chi connectivity index (χ0n) is 15.1. The highest BCUT2D eigenvalue weighted by Crippen LogP contribution is 2.26. The second kappa shape index (κ2) is 7.91. The van der Waals surface area contributed by atoms with Crippen molar-refractivity contribution in [3.8, 4) is 23.1 Å². The van der Waals surface area contributed by atoms with Crippen LogP contribution in [0.4, 0.5) is 5.69 Å². The number of aromatic nitrogens is 1. The van der Waals surface area contributed by atoms with Gasteiger partial charge in [0.2, 0.25) is 0 Å². The van der Waals surface area contributed by atoms with Crippen LogP contribution in [0.2, 0.25) is 0 Å². The molecule has 4 rings (SSSR count). The quantitative estimate of drug-likeness (QED) is 0.374. The van der Waals surface area contributed by atoms with Crippen LogP contribution in [-0.2, 0) is 0 Å². The Hall–Kier alpha value is -3.69. The summed E-state index contributed by atoms with van der Waals surface area (Å²) in [6.07, 6.45) is 0. The molecule has 0 saturated carbocycles. The van der Waals surface area contributed by atoms with Gasteiger partial charge in [-0.05, 0) is 41.1 Å². The van der Waals surface area contributed by atoms with Crippen molar-refractivity contribution in [2.45, 2.75) is 0 Å². The summed E-state index contributed by atoms with van der Waals surface area (Å²) >= 11 is 1.40. The maximum atomic E-state index is 9.49. The molecule has 0 spiro atoms. The fourth-order valence-corrected chi connectivity index (χ4v) is 3.54. The summed E-state index contributed by atoms with van der Waals surface area (Å²) in [6, 6.07) is 23.9. The largest absolute Gasteiger partial charge is 0.497 e. The number of fused-ring (bicyclic) bond motifs is 1. The van der Waals surface area contributed by atoms with Gasteiger partial charge >= 0.3 is 0 Å². The number of ether oxygens (including phenoxy) is 1. The summed E-state index contributed by atoms with van der Waals surface area (Å²) in [5.41, 5.74) is 5.75. The minimum atomic E-state index is 0.243. The summed E-state index contributed by atoms with van der Waals surface area (Å²) in [7, 11) is 1.62. The lowest BCUT2D eigenvalue weighted by atomic mass is 10.1. The maximum Gasteiger partial charge on any atom is 0.196 e. The second-order valence-corrected chi connectivity index (χ2v) is 6.87. The fourth-order valence-electron chi connectivity index (χ4n) is 2.77. The van der Waals surface area contributed by atoms with Crippen molar-refractivity contribution in [1.29, 1.82) is 5.26 Å². The van der Waals surface area contributed by atoms with Crippen LogP contribution in [0.1, 0.15) is 5.01 Å². The third-order valence-electron chi connectivity index (χ3n) is 4.24. The molecule has 5 nitrogen and oxygen atoms in total. The third-order valence-corrected chi connectivity index (χ3v) is 5.09. The number of nitrogens with one attached hydrogen (secondary N) is 1. The van der Waals surface area contributed by atoms with Crippen molar-refractivity contribution in [3.05, 3.63) is 77.1 Å². The highest BCUT2D eigenvalue weighted by Gasteiger charge is 2.11. The standard InChI is InChI=1S/C22H16N4OS/c1-27-19-10-8-18(9-11-19)25-26-20(13-23)22-24-21(14-28-22)17-7-6-15-4-2-3-5-16(15)12-17/h2-12,14,25H,1H3. The van der Waals surface area contributed by atoms with Crippen molar-refractivity contribution in [1.82, 2.24) is 4.98 Å². The number of hydrazone groups is 1. The monoisotopic (exact) mass is 384 g/mol. The van der Waals surface area contributed by atoms with Gasteiger partial charge in [0.25, 0.3) is 0 Å². The SMILES string of the molecule is COc1ccc(NN=C(C#N)c2nc(-c3ccc4ccccc4c3)cs2)cc1. The minimum Gasteiger partial charge on any atom is -0.497 e. The number of hydrogen-bond acceptors (Lipinski definition) is 6. The Morgan fingerprint density at radius 1 is 1.07 bits per heavy atom. The average Bonchev–Trinajstić information content (AvgIpc) is 3.24. The number of methoxy groups -OCH3 is 1. The molecular weight excluding hydrogens is 368 g/mol. The van der Waals surface area contributed by atoms with E-state index in [0.29, 0.717) is 5.01 Å². The Bertz CT molecular complexity index is 1190. The van der Waals surface area contributed by atoms with Gasteiger partial charge in [0.1, 0.15) is 11.8 Å². The van der Waals surface area contributed by atoms with Crippen molar-refractivity contribution < 1.29 is 4.74 Å². The maximum absolute atomic E-state index is 9.49. The molecule has 0 bridgehead atoms. The molecule has 0 aliphatic heterocycles. The number of thiazole rings is 1. The molecule has 0 aliphatic rings. The summed E-state index contributed by atoms with van der Waals surface area (Å²) in [4.78, 5) is 4.60. The van der Waals surface area contributed by atoms with Crippen molar-refractivity contribution in [2.75, 3.05) is 12.5 Å². The van der Waals surface area contributed by atoms with Crippen LogP contribution in [-0.4, -0.2) is 17.8 Å². The summed E-state index contributed by atoms with van der Waals surface area (Å²) in [6.45, 7) is 0. The lowest BCUT2D eigenvalue weighted by molar-refractivity contribution is 0.415. The second-order valence-electron chi connectivity index (χ2n) is 6.01. The first-order valence-electron chi connectivity index (χ1n) is 8.60. The smallest absolute Gasteiger partial charge is 0.196 e. The molecule has 0 radical (unpaired) electrons. The van der Waals surface area contributed by atoms with E-state index in [1.54, 1.807) is 7.11 Å². The predicted molar refractivity (Wildman–Crippen MR) is 114 cm³/mol. The Morgan fingerprint density at radius 3 is 2.61 bits per heavy atom. The molecule has 0 aliphatic carbocycles. The number of rotatable bonds is 5. The zero-order valence-corrected chi connectivity index (χ0v) is 15.9. The van der Waals surface area contributed by atoms with Gasteiger partial charge < -0.3 is 4.74 Å². The van der Waals surface area contributed by atoms with Crippen molar-refractivity contribution in [3.63, 3.8) is 0 Å². The molecule has 4 aromatic rings. The van der Waals surface area contributed by atoms with Crippen LogP contribution in [0.5, 0.6) is 5.75 Å². The van der Waals surface area contributed by atoms with Gasteiger partial charge in [-0.1, -0.05) is 36.4 Å². The fraction of sp³-hybridized carbons (Fsp3) is 0.0455. The molecule has 0 amide bonds.